The zero-order valence-corrected chi connectivity index (χ0v) is 10.9. The smallest absolute Gasteiger partial charge is 0.211 e. The van der Waals surface area contributed by atoms with Crippen molar-refractivity contribution in [2.24, 2.45) is 4.99 Å². The second-order valence-corrected chi connectivity index (χ2v) is 6.35. The predicted molar refractivity (Wildman–Crippen MR) is 67.2 cm³/mol. The van der Waals surface area contributed by atoms with Crippen molar-refractivity contribution in [3.05, 3.63) is 11.9 Å². The summed E-state index contributed by atoms with van der Waals surface area (Å²) in [5.74, 6) is 1.03. The first kappa shape index (κ1) is 12.4. The average molecular weight is 258 g/mol. The number of hydrogen-bond donors (Lipinski definition) is 1. The van der Waals surface area contributed by atoms with E-state index in [1.54, 1.807) is 6.34 Å². The molecule has 1 unspecified atom stereocenters. The van der Waals surface area contributed by atoms with Crippen LogP contribution in [0.3, 0.4) is 0 Å². The fraction of sp³-hybridized carbons (Fsp3) is 0.700. The molecule has 2 heterocycles. The van der Waals surface area contributed by atoms with E-state index in [1.807, 2.05) is 6.92 Å². The van der Waals surface area contributed by atoms with Gasteiger partial charge >= 0.3 is 0 Å². The number of sulfonamides is 1. The molecule has 1 atom stereocenters. The van der Waals surface area contributed by atoms with Gasteiger partial charge in [-0.15, -0.1) is 0 Å². The number of rotatable bonds is 2. The van der Waals surface area contributed by atoms with Crippen molar-refractivity contribution in [1.29, 1.82) is 0 Å². The number of piperazine rings is 1. The van der Waals surface area contributed by atoms with Crippen LogP contribution in [-0.4, -0.2) is 62.4 Å². The Labute approximate surface area is 102 Å². The lowest BCUT2D eigenvalue weighted by molar-refractivity contribution is 0.222. The Hall–Kier alpha value is -1.08. The van der Waals surface area contributed by atoms with E-state index < -0.39 is 10.0 Å². The van der Waals surface area contributed by atoms with Gasteiger partial charge in [-0.25, -0.2) is 8.42 Å². The quantitative estimate of drug-likeness (QED) is 0.720. The van der Waals surface area contributed by atoms with Gasteiger partial charge in [-0.1, -0.05) is 0 Å². The second kappa shape index (κ2) is 4.66. The molecule has 7 heteroatoms. The summed E-state index contributed by atoms with van der Waals surface area (Å²) < 4.78 is 24.3. The molecule has 0 aromatic carbocycles. The Bertz CT molecular complexity index is 435. The van der Waals surface area contributed by atoms with Gasteiger partial charge in [0.15, 0.2) is 0 Å². The second-order valence-electron chi connectivity index (χ2n) is 4.36. The van der Waals surface area contributed by atoms with Crippen LogP contribution >= 0.6 is 0 Å². The maximum absolute atomic E-state index is 11.4. The van der Waals surface area contributed by atoms with Gasteiger partial charge in [-0.2, -0.15) is 4.31 Å². The summed E-state index contributed by atoms with van der Waals surface area (Å²) in [5.41, 5.74) is 0. The molecule has 0 bridgehead atoms. The third kappa shape index (κ3) is 2.98. The first-order chi connectivity index (χ1) is 7.97. The van der Waals surface area contributed by atoms with Crippen molar-refractivity contribution < 1.29 is 8.42 Å². The summed E-state index contributed by atoms with van der Waals surface area (Å²) in [6.45, 7) is 4.54. The van der Waals surface area contributed by atoms with Crippen molar-refractivity contribution in [1.82, 2.24) is 14.5 Å². The van der Waals surface area contributed by atoms with Gasteiger partial charge in [0.25, 0.3) is 0 Å². The maximum atomic E-state index is 11.4. The molecule has 0 amide bonds. The standard InChI is InChI=1S/C10H18N4O2S/c1-9-7-10(12-8-11-9)13-3-5-14(6-4-13)17(2,15)16/h7-9H,3-6H2,1-2H3,(H,11,12). The van der Waals surface area contributed by atoms with E-state index in [0.29, 0.717) is 26.2 Å². The van der Waals surface area contributed by atoms with Crippen LogP contribution in [0.4, 0.5) is 0 Å². The summed E-state index contributed by atoms with van der Waals surface area (Å²) >= 11 is 0. The molecule has 0 aromatic heterocycles. The van der Waals surface area contributed by atoms with Crippen molar-refractivity contribution in [2.75, 3.05) is 32.4 Å². The zero-order valence-electron chi connectivity index (χ0n) is 10.1. The molecule has 1 N–H and O–H groups in total. The van der Waals surface area contributed by atoms with E-state index in [1.165, 1.54) is 10.6 Å². The summed E-state index contributed by atoms with van der Waals surface area (Å²) in [7, 11) is -3.05. The van der Waals surface area contributed by atoms with Crippen molar-refractivity contribution >= 4 is 16.4 Å². The molecule has 2 aliphatic rings. The molecule has 0 saturated carbocycles. The minimum Gasteiger partial charge on any atom is -0.356 e. The molecule has 2 aliphatic heterocycles. The highest BCUT2D eigenvalue weighted by atomic mass is 32.2. The Morgan fingerprint density at radius 1 is 1.35 bits per heavy atom. The van der Waals surface area contributed by atoms with Gasteiger partial charge in [-0.3, -0.25) is 4.99 Å². The van der Waals surface area contributed by atoms with Crippen LogP contribution in [0.5, 0.6) is 0 Å². The van der Waals surface area contributed by atoms with Crippen LogP contribution in [0, 0.1) is 0 Å². The Balaban J connectivity index is 1.96. The van der Waals surface area contributed by atoms with Crippen molar-refractivity contribution in [3.63, 3.8) is 0 Å². The lowest BCUT2D eigenvalue weighted by atomic mass is 10.2. The fourth-order valence-electron chi connectivity index (χ4n) is 2.00. The highest BCUT2D eigenvalue weighted by Crippen LogP contribution is 2.12. The van der Waals surface area contributed by atoms with Crippen molar-refractivity contribution in [3.8, 4) is 0 Å². The van der Waals surface area contributed by atoms with E-state index in [2.05, 4.69) is 21.3 Å². The molecule has 0 aliphatic carbocycles. The molecule has 6 nitrogen and oxygen atoms in total. The molecule has 17 heavy (non-hydrogen) atoms. The third-order valence-electron chi connectivity index (χ3n) is 2.97. The topological polar surface area (TPSA) is 65.0 Å². The molecular weight excluding hydrogens is 240 g/mol. The monoisotopic (exact) mass is 258 g/mol. The number of aliphatic imine (C=N–C) groups is 1. The van der Waals surface area contributed by atoms with Gasteiger partial charge in [0, 0.05) is 26.2 Å². The van der Waals surface area contributed by atoms with Crippen LogP contribution < -0.4 is 5.32 Å². The van der Waals surface area contributed by atoms with E-state index >= 15 is 0 Å². The summed E-state index contributed by atoms with van der Waals surface area (Å²) in [6.07, 6.45) is 5.01. The Morgan fingerprint density at radius 2 is 2.00 bits per heavy atom. The van der Waals surface area contributed by atoms with Crippen LogP contribution in [-0.2, 0) is 10.0 Å². The van der Waals surface area contributed by atoms with E-state index in [0.717, 1.165) is 5.82 Å². The molecular formula is C10H18N4O2S. The minimum absolute atomic E-state index is 0.180. The molecule has 1 fully saturated rings. The summed E-state index contributed by atoms with van der Waals surface area (Å²) in [6, 6.07) is 0.180. The van der Waals surface area contributed by atoms with E-state index in [-0.39, 0.29) is 6.04 Å². The molecule has 96 valence electrons. The van der Waals surface area contributed by atoms with Gasteiger partial charge in [0.05, 0.1) is 18.6 Å². The van der Waals surface area contributed by atoms with E-state index in [4.69, 9.17) is 0 Å². The predicted octanol–water partition coefficient (Wildman–Crippen LogP) is -0.575. The van der Waals surface area contributed by atoms with Gasteiger partial charge in [0.2, 0.25) is 10.0 Å². The summed E-state index contributed by atoms with van der Waals surface area (Å²) in [4.78, 5) is 6.34. The van der Waals surface area contributed by atoms with Crippen LogP contribution in [0.15, 0.2) is 16.9 Å². The minimum atomic E-state index is -3.05. The molecule has 0 aromatic rings. The summed E-state index contributed by atoms with van der Waals surface area (Å²) in [5, 5.41) is 3.10. The van der Waals surface area contributed by atoms with Crippen LogP contribution in [0.25, 0.3) is 0 Å². The zero-order chi connectivity index (χ0) is 12.5. The van der Waals surface area contributed by atoms with Gasteiger partial charge < -0.3 is 10.2 Å². The molecule has 0 radical (unpaired) electrons. The van der Waals surface area contributed by atoms with Crippen LogP contribution in [0.1, 0.15) is 6.92 Å². The van der Waals surface area contributed by atoms with E-state index in [9.17, 15) is 8.42 Å². The van der Waals surface area contributed by atoms with Gasteiger partial charge in [-0.05, 0) is 13.0 Å². The molecule has 1 saturated heterocycles. The normalized spacial score (nSPS) is 26.6. The highest BCUT2D eigenvalue weighted by Gasteiger charge is 2.24. The van der Waals surface area contributed by atoms with Gasteiger partial charge in [0.1, 0.15) is 5.82 Å². The number of nitrogens with zero attached hydrogens (tertiary/aromatic N) is 3. The number of nitrogens with one attached hydrogen (secondary N) is 1. The third-order valence-corrected chi connectivity index (χ3v) is 4.27. The Kier molecular flexibility index (Phi) is 3.39. The molecule has 2 rings (SSSR count). The highest BCUT2D eigenvalue weighted by molar-refractivity contribution is 7.88. The maximum Gasteiger partial charge on any atom is 0.211 e. The first-order valence-electron chi connectivity index (χ1n) is 5.67. The lowest BCUT2D eigenvalue weighted by Crippen LogP contribution is -2.50. The molecule has 0 spiro atoms. The SMILES string of the molecule is CC1C=C(N2CCN(S(C)(=O)=O)CC2)NC=N1. The average Bonchev–Trinajstić information content (AvgIpc) is 2.28. The van der Waals surface area contributed by atoms with Crippen molar-refractivity contribution in [2.45, 2.75) is 13.0 Å². The first-order valence-corrected chi connectivity index (χ1v) is 7.52. The largest absolute Gasteiger partial charge is 0.356 e. The Morgan fingerprint density at radius 3 is 2.53 bits per heavy atom. The van der Waals surface area contributed by atoms with Crippen LogP contribution in [0.2, 0.25) is 0 Å². The fourth-order valence-corrected chi connectivity index (χ4v) is 2.82. The number of hydrogen-bond acceptors (Lipinski definition) is 5. The lowest BCUT2D eigenvalue weighted by Gasteiger charge is -2.36.